The minimum absolute atomic E-state index is 0.0841. The predicted molar refractivity (Wildman–Crippen MR) is 180 cm³/mol. The number of nitrogens with zero attached hydrogens (tertiary/aromatic N) is 5. The number of aromatic nitrogens is 3. The Balaban J connectivity index is 1.05. The van der Waals surface area contributed by atoms with Gasteiger partial charge in [-0.25, -0.2) is 19.7 Å². The van der Waals surface area contributed by atoms with Gasteiger partial charge in [-0.15, -0.1) is 0 Å². The highest BCUT2D eigenvalue weighted by molar-refractivity contribution is 5.99. The third-order valence-corrected chi connectivity index (χ3v) is 8.68. The second kappa shape index (κ2) is 14.9. The molecule has 2 aliphatic heterocycles. The molecule has 49 heavy (non-hydrogen) atoms. The van der Waals surface area contributed by atoms with Crippen molar-refractivity contribution in [3.05, 3.63) is 78.6 Å². The molecule has 2 aromatic heterocycles. The number of likely N-dealkylation sites (tertiary alicyclic amines) is 2. The number of ether oxygens (including phenoxy) is 1. The zero-order valence-electron chi connectivity index (χ0n) is 26.9. The summed E-state index contributed by atoms with van der Waals surface area (Å²) in [6, 6.07) is 17.4. The van der Waals surface area contributed by atoms with Gasteiger partial charge in [0.25, 0.3) is 0 Å². The van der Waals surface area contributed by atoms with Crippen LogP contribution in [0.4, 0.5) is 16.6 Å². The Hall–Kier alpha value is -5.92. The standard InChI is InChI=1S/C35H36N8O6/c1-49-35(48)38-21-31(45)43-16-6-9-27(43)32(46)40-29-14-12-24-18-23(11-13-26(24)39-29)25-19-36-34(37-20-25)41-33(47)28-10-5-15-42(28)30(44)17-22-7-3-2-4-8-22/h2-4,7-8,11-14,18-20,27-28H,5-6,9-10,15-17,21H2,1H3,(H,38,48)(H,39,40,46)(H,36,37,41,47)/t27-,28-/m0/s1. The Labute approximate surface area is 282 Å². The molecule has 2 saturated heterocycles. The second-order valence-corrected chi connectivity index (χ2v) is 11.9. The molecular weight excluding hydrogens is 628 g/mol. The summed E-state index contributed by atoms with van der Waals surface area (Å²) in [5.41, 5.74) is 3.11. The highest BCUT2D eigenvalue weighted by atomic mass is 16.5. The fourth-order valence-corrected chi connectivity index (χ4v) is 6.19. The largest absolute Gasteiger partial charge is 0.453 e. The first-order valence-corrected chi connectivity index (χ1v) is 16.1. The molecule has 4 aromatic rings. The van der Waals surface area contributed by atoms with E-state index in [1.807, 2.05) is 54.6 Å². The minimum atomic E-state index is -0.716. The number of amides is 5. The van der Waals surface area contributed by atoms with E-state index in [9.17, 15) is 24.0 Å². The molecule has 0 saturated carbocycles. The molecule has 0 bridgehead atoms. The van der Waals surface area contributed by atoms with Crippen molar-refractivity contribution >= 4 is 52.4 Å². The molecule has 2 aliphatic rings. The third kappa shape index (κ3) is 7.80. The number of anilines is 2. The molecule has 2 atom stereocenters. The van der Waals surface area contributed by atoms with Gasteiger partial charge >= 0.3 is 6.09 Å². The van der Waals surface area contributed by atoms with E-state index in [0.717, 1.165) is 28.5 Å². The summed E-state index contributed by atoms with van der Waals surface area (Å²) in [6.07, 6.45) is 5.27. The van der Waals surface area contributed by atoms with Gasteiger partial charge in [-0.3, -0.25) is 24.5 Å². The Morgan fingerprint density at radius 2 is 1.47 bits per heavy atom. The van der Waals surface area contributed by atoms with Crippen LogP contribution >= 0.6 is 0 Å². The van der Waals surface area contributed by atoms with Crippen LogP contribution in [0, 0.1) is 0 Å². The van der Waals surface area contributed by atoms with Crippen molar-refractivity contribution in [1.29, 1.82) is 0 Å². The number of carbonyl (C=O) groups is 5. The fourth-order valence-electron chi connectivity index (χ4n) is 6.19. The van der Waals surface area contributed by atoms with Gasteiger partial charge in [-0.05, 0) is 61.1 Å². The number of alkyl carbamates (subject to hydrolysis) is 1. The molecule has 0 radical (unpaired) electrons. The van der Waals surface area contributed by atoms with Crippen molar-refractivity contribution in [2.75, 3.05) is 37.4 Å². The van der Waals surface area contributed by atoms with E-state index in [1.54, 1.807) is 23.4 Å². The lowest BCUT2D eigenvalue weighted by Crippen LogP contribution is -2.47. The molecule has 6 rings (SSSR count). The third-order valence-electron chi connectivity index (χ3n) is 8.68. The Morgan fingerprint density at radius 1 is 0.796 bits per heavy atom. The minimum Gasteiger partial charge on any atom is -0.453 e. The molecular formula is C35H36N8O6. The van der Waals surface area contributed by atoms with E-state index < -0.39 is 18.2 Å². The molecule has 2 fully saturated rings. The van der Waals surface area contributed by atoms with Crippen molar-refractivity contribution in [3.8, 4) is 11.1 Å². The van der Waals surface area contributed by atoms with Gasteiger partial charge in [0.2, 0.25) is 29.6 Å². The number of carbonyl (C=O) groups excluding carboxylic acids is 5. The first kappa shape index (κ1) is 33.0. The van der Waals surface area contributed by atoms with E-state index in [-0.39, 0.29) is 42.5 Å². The van der Waals surface area contributed by atoms with Crippen molar-refractivity contribution < 1.29 is 28.7 Å². The van der Waals surface area contributed by atoms with Gasteiger partial charge in [0.1, 0.15) is 24.4 Å². The van der Waals surface area contributed by atoms with Crippen LogP contribution in [0.15, 0.2) is 73.1 Å². The van der Waals surface area contributed by atoms with E-state index in [4.69, 9.17) is 0 Å². The molecule has 0 aliphatic carbocycles. The molecule has 4 heterocycles. The maximum atomic E-state index is 13.1. The number of hydrogen-bond donors (Lipinski definition) is 3. The lowest BCUT2D eigenvalue weighted by Gasteiger charge is -2.24. The summed E-state index contributed by atoms with van der Waals surface area (Å²) in [6.45, 7) is 0.693. The highest BCUT2D eigenvalue weighted by Crippen LogP contribution is 2.26. The number of methoxy groups -OCH3 is 1. The molecule has 5 amide bonds. The number of rotatable bonds is 9. The zero-order chi connectivity index (χ0) is 34.3. The van der Waals surface area contributed by atoms with Crippen molar-refractivity contribution in [2.24, 2.45) is 0 Å². The smallest absolute Gasteiger partial charge is 0.407 e. The maximum absolute atomic E-state index is 13.1. The van der Waals surface area contributed by atoms with Crippen LogP contribution in [-0.2, 0) is 30.3 Å². The SMILES string of the molecule is COC(=O)NCC(=O)N1CCC[C@H]1C(=O)Nc1ccc2cc(-c3cnc(NC(=O)[C@@H]4CCCN4C(=O)Cc4ccccc4)nc3)ccc2n1. The van der Waals surface area contributed by atoms with Gasteiger partial charge in [0.15, 0.2) is 0 Å². The predicted octanol–water partition coefficient (Wildman–Crippen LogP) is 3.15. The van der Waals surface area contributed by atoms with Gasteiger partial charge in [0, 0.05) is 36.4 Å². The van der Waals surface area contributed by atoms with Crippen LogP contribution in [0.5, 0.6) is 0 Å². The highest BCUT2D eigenvalue weighted by Gasteiger charge is 2.35. The molecule has 14 nitrogen and oxygen atoms in total. The molecule has 0 spiro atoms. The van der Waals surface area contributed by atoms with Gasteiger partial charge in [-0.2, -0.15) is 0 Å². The number of fused-ring (bicyclic) bond motifs is 1. The number of nitrogens with one attached hydrogen (secondary N) is 3. The molecule has 3 N–H and O–H groups in total. The second-order valence-electron chi connectivity index (χ2n) is 11.9. The van der Waals surface area contributed by atoms with Gasteiger partial charge in [-0.1, -0.05) is 36.4 Å². The van der Waals surface area contributed by atoms with E-state index in [0.29, 0.717) is 43.7 Å². The van der Waals surface area contributed by atoms with E-state index >= 15 is 0 Å². The first-order chi connectivity index (χ1) is 23.8. The first-order valence-electron chi connectivity index (χ1n) is 16.1. The van der Waals surface area contributed by atoms with Gasteiger partial charge < -0.3 is 25.2 Å². The van der Waals surface area contributed by atoms with Crippen molar-refractivity contribution in [1.82, 2.24) is 30.1 Å². The quantitative estimate of drug-likeness (QED) is 0.243. The summed E-state index contributed by atoms with van der Waals surface area (Å²) in [5, 5.41) is 8.75. The summed E-state index contributed by atoms with van der Waals surface area (Å²) < 4.78 is 4.50. The van der Waals surface area contributed by atoms with Crippen LogP contribution < -0.4 is 16.0 Å². The lowest BCUT2D eigenvalue weighted by atomic mass is 10.1. The topological polar surface area (TPSA) is 176 Å². The molecule has 252 valence electrons. The van der Waals surface area contributed by atoms with Crippen LogP contribution in [0.1, 0.15) is 31.2 Å². The molecule has 2 aromatic carbocycles. The molecule has 14 heteroatoms. The van der Waals surface area contributed by atoms with Gasteiger partial charge in [0.05, 0.1) is 19.0 Å². The zero-order valence-corrected chi connectivity index (χ0v) is 26.9. The monoisotopic (exact) mass is 664 g/mol. The Morgan fingerprint density at radius 3 is 2.16 bits per heavy atom. The van der Waals surface area contributed by atoms with Crippen molar-refractivity contribution in [2.45, 2.75) is 44.2 Å². The van der Waals surface area contributed by atoms with E-state index in [2.05, 4.69) is 35.6 Å². The summed E-state index contributed by atoms with van der Waals surface area (Å²) in [7, 11) is 1.21. The normalized spacial score (nSPS) is 17.1. The Bertz CT molecular complexity index is 1870. The molecule has 0 unspecified atom stereocenters. The van der Waals surface area contributed by atoms with Crippen LogP contribution in [0.25, 0.3) is 22.0 Å². The summed E-state index contributed by atoms with van der Waals surface area (Å²) >= 11 is 0. The fraction of sp³-hybridized carbons (Fsp3) is 0.314. The maximum Gasteiger partial charge on any atom is 0.407 e. The van der Waals surface area contributed by atoms with Crippen LogP contribution in [0.2, 0.25) is 0 Å². The van der Waals surface area contributed by atoms with E-state index in [1.165, 1.54) is 12.0 Å². The number of hydrogen-bond acceptors (Lipinski definition) is 9. The summed E-state index contributed by atoms with van der Waals surface area (Å²) in [5.74, 6) is -0.609. The average Bonchev–Trinajstić information content (AvgIpc) is 3.82. The Kier molecular flexibility index (Phi) is 10.0. The lowest BCUT2D eigenvalue weighted by molar-refractivity contribution is -0.136. The summed E-state index contributed by atoms with van der Waals surface area (Å²) in [4.78, 5) is 79.4. The average molecular weight is 665 g/mol. The van der Waals surface area contributed by atoms with Crippen LogP contribution in [-0.4, -0.2) is 93.3 Å². The van der Waals surface area contributed by atoms with Crippen LogP contribution in [0.3, 0.4) is 0 Å². The number of benzene rings is 2. The van der Waals surface area contributed by atoms with Crippen molar-refractivity contribution in [3.63, 3.8) is 0 Å². The number of pyridine rings is 1.